The van der Waals surface area contributed by atoms with Crippen LogP contribution < -0.4 is 10.2 Å². The summed E-state index contributed by atoms with van der Waals surface area (Å²) in [6, 6.07) is 5.99. The van der Waals surface area contributed by atoms with Gasteiger partial charge in [0.25, 0.3) is 0 Å². The summed E-state index contributed by atoms with van der Waals surface area (Å²) in [4.78, 5) is 29.4. The van der Waals surface area contributed by atoms with Crippen molar-refractivity contribution in [3.8, 4) is 0 Å². The third-order valence-corrected chi connectivity index (χ3v) is 5.62. The fourth-order valence-corrected chi connectivity index (χ4v) is 3.88. The third-order valence-electron chi connectivity index (χ3n) is 5.62. The maximum Gasteiger partial charge on any atom is 0.227 e. The minimum Gasteiger partial charge on any atom is -0.377 e. The summed E-state index contributed by atoms with van der Waals surface area (Å²) in [7, 11) is 4.01. The average Bonchev–Trinajstić information content (AvgIpc) is 3.37. The minimum absolute atomic E-state index is 0.0731. The molecular formula is C24H37N3O3. The number of benzene rings is 1. The maximum atomic E-state index is 13.2. The van der Waals surface area contributed by atoms with Crippen LogP contribution in [0.4, 0.5) is 11.4 Å². The molecule has 1 aliphatic carbocycles. The monoisotopic (exact) mass is 415 g/mol. The molecule has 1 atom stereocenters. The van der Waals surface area contributed by atoms with Gasteiger partial charge < -0.3 is 19.9 Å². The first-order valence-electron chi connectivity index (χ1n) is 11.1. The van der Waals surface area contributed by atoms with Gasteiger partial charge in [0.2, 0.25) is 11.8 Å². The van der Waals surface area contributed by atoms with Gasteiger partial charge in [-0.3, -0.25) is 9.59 Å². The van der Waals surface area contributed by atoms with Crippen molar-refractivity contribution in [1.29, 1.82) is 0 Å². The summed E-state index contributed by atoms with van der Waals surface area (Å²) in [5, 5.41) is 3.04. The molecule has 1 heterocycles. The Morgan fingerprint density at radius 2 is 1.90 bits per heavy atom. The standard InChI is InChI=1S/C24H37N3O3/c1-24(2,3)14-22(28)27(16-20-7-6-12-30-20)15-18-13-19(10-11-21(18)26(4)5)25-23(29)17-8-9-17/h10-11,13,17,20H,6-9,12,14-16H2,1-5H3,(H,25,29)/t20-/m0/s1. The van der Waals surface area contributed by atoms with Crippen molar-refractivity contribution in [1.82, 2.24) is 4.90 Å². The second-order valence-electron chi connectivity index (χ2n) is 10.1. The Labute approximate surface area is 180 Å². The fourth-order valence-electron chi connectivity index (χ4n) is 3.88. The van der Waals surface area contributed by atoms with Crippen molar-refractivity contribution in [3.63, 3.8) is 0 Å². The maximum absolute atomic E-state index is 13.2. The quantitative estimate of drug-likeness (QED) is 0.696. The van der Waals surface area contributed by atoms with Gasteiger partial charge in [-0.2, -0.15) is 0 Å². The molecule has 0 radical (unpaired) electrons. The minimum atomic E-state index is -0.0731. The van der Waals surface area contributed by atoms with Gasteiger partial charge in [0.05, 0.1) is 6.10 Å². The van der Waals surface area contributed by atoms with Gasteiger partial charge in [-0.25, -0.2) is 0 Å². The van der Waals surface area contributed by atoms with Crippen LogP contribution >= 0.6 is 0 Å². The number of hydrogen-bond acceptors (Lipinski definition) is 4. The molecule has 0 unspecified atom stereocenters. The highest BCUT2D eigenvalue weighted by Crippen LogP contribution is 2.32. The summed E-state index contributed by atoms with van der Waals surface area (Å²) in [6.07, 6.45) is 4.61. The second-order valence-corrected chi connectivity index (χ2v) is 10.1. The van der Waals surface area contributed by atoms with Gasteiger partial charge in [0.1, 0.15) is 0 Å². The van der Waals surface area contributed by atoms with E-state index in [1.165, 1.54) is 0 Å². The van der Waals surface area contributed by atoms with Gasteiger partial charge in [-0.05, 0) is 54.9 Å². The second kappa shape index (κ2) is 9.38. The summed E-state index contributed by atoms with van der Waals surface area (Å²) in [6.45, 7) is 8.17. The lowest BCUT2D eigenvalue weighted by Crippen LogP contribution is -2.38. The molecule has 1 aromatic rings. The average molecular weight is 416 g/mol. The van der Waals surface area contributed by atoms with E-state index in [9.17, 15) is 9.59 Å². The third kappa shape index (κ3) is 6.46. The molecule has 6 heteroatoms. The molecule has 30 heavy (non-hydrogen) atoms. The predicted molar refractivity (Wildman–Crippen MR) is 121 cm³/mol. The fraction of sp³-hybridized carbons (Fsp3) is 0.667. The smallest absolute Gasteiger partial charge is 0.227 e. The van der Waals surface area contributed by atoms with Crippen LogP contribution in [0.2, 0.25) is 0 Å². The molecule has 1 N–H and O–H groups in total. The van der Waals surface area contributed by atoms with Crippen LogP contribution in [-0.4, -0.2) is 50.1 Å². The van der Waals surface area contributed by atoms with Crippen LogP contribution in [0.25, 0.3) is 0 Å². The number of carbonyl (C=O) groups excluding carboxylic acids is 2. The van der Waals surface area contributed by atoms with Crippen LogP contribution in [0.1, 0.15) is 58.4 Å². The van der Waals surface area contributed by atoms with Crippen molar-refractivity contribution < 1.29 is 14.3 Å². The number of carbonyl (C=O) groups is 2. The molecule has 6 nitrogen and oxygen atoms in total. The van der Waals surface area contributed by atoms with Crippen LogP contribution in [0.5, 0.6) is 0 Å². The van der Waals surface area contributed by atoms with E-state index in [1.807, 2.05) is 37.2 Å². The number of nitrogens with one attached hydrogen (secondary N) is 1. The Balaban J connectivity index is 1.82. The van der Waals surface area contributed by atoms with E-state index >= 15 is 0 Å². The van der Waals surface area contributed by atoms with E-state index in [1.54, 1.807) is 0 Å². The molecule has 2 fully saturated rings. The number of rotatable bonds is 8. The normalized spacial score (nSPS) is 18.9. The van der Waals surface area contributed by atoms with Gasteiger partial charge in [0.15, 0.2) is 0 Å². The number of ether oxygens (including phenoxy) is 1. The highest BCUT2D eigenvalue weighted by molar-refractivity contribution is 5.94. The zero-order chi connectivity index (χ0) is 21.9. The van der Waals surface area contributed by atoms with Gasteiger partial charge in [0, 0.05) is 57.5 Å². The molecule has 166 valence electrons. The first kappa shape index (κ1) is 22.6. The van der Waals surface area contributed by atoms with Gasteiger partial charge >= 0.3 is 0 Å². The predicted octanol–water partition coefficient (Wildman–Crippen LogP) is 4.04. The summed E-state index contributed by atoms with van der Waals surface area (Å²) in [5.41, 5.74) is 2.82. The molecular weight excluding hydrogens is 378 g/mol. The molecule has 1 aliphatic heterocycles. The van der Waals surface area contributed by atoms with E-state index in [4.69, 9.17) is 4.74 Å². The Morgan fingerprint density at radius 1 is 1.17 bits per heavy atom. The van der Waals surface area contributed by atoms with Crippen molar-refractivity contribution >= 4 is 23.2 Å². The van der Waals surface area contributed by atoms with Crippen molar-refractivity contribution in [2.24, 2.45) is 11.3 Å². The topological polar surface area (TPSA) is 61.9 Å². The van der Waals surface area contributed by atoms with E-state index < -0.39 is 0 Å². The van der Waals surface area contributed by atoms with E-state index in [0.29, 0.717) is 19.5 Å². The molecule has 3 rings (SSSR count). The lowest BCUT2D eigenvalue weighted by atomic mass is 9.91. The zero-order valence-corrected chi connectivity index (χ0v) is 19.2. The van der Waals surface area contributed by atoms with E-state index in [0.717, 1.165) is 49.2 Å². The first-order valence-corrected chi connectivity index (χ1v) is 11.1. The zero-order valence-electron chi connectivity index (χ0n) is 19.2. The molecule has 1 saturated heterocycles. The Kier molecular flexibility index (Phi) is 7.06. The highest BCUT2D eigenvalue weighted by atomic mass is 16.5. The number of amides is 2. The molecule has 1 aromatic carbocycles. The molecule has 1 saturated carbocycles. The molecule has 2 amide bonds. The van der Waals surface area contributed by atoms with E-state index in [-0.39, 0.29) is 29.3 Å². The van der Waals surface area contributed by atoms with Crippen molar-refractivity contribution in [2.45, 2.75) is 65.5 Å². The Bertz CT molecular complexity index is 759. The lowest BCUT2D eigenvalue weighted by molar-refractivity contribution is -0.135. The van der Waals surface area contributed by atoms with Crippen molar-refractivity contribution in [2.75, 3.05) is 37.5 Å². The van der Waals surface area contributed by atoms with Crippen LogP contribution in [0.3, 0.4) is 0 Å². The summed E-state index contributed by atoms with van der Waals surface area (Å²) < 4.78 is 5.83. The van der Waals surface area contributed by atoms with Crippen LogP contribution in [-0.2, 0) is 20.9 Å². The summed E-state index contributed by atoms with van der Waals surface area (Å²) in [5.74, 6) is 0.403. The molecule has 0 bridgehead atoms. The van der Waals surface area contributed by atoms with Gasteiger partial charge in [-0.1, -0.05) is 20.8 Å². The van der Waals surface area contributed by atoms with Gasteiger partial charge in [-0.15, -0.1) is 0 Å². The molecule has 0 aromatic heterocycles. The lowest BCUT2D eigenvalue weighted by Gasteiger charge is -2.30. The summed E-state index contributed by atoms with van der Waals surface area (Å²) >= 11 is 0. The SMILES string of the molecule is CN(C)c1ccc(NC(=O)C2CC2)cc1CN(C[C@@H]1CCCO1)C(=O)CC(C)(C)C. The largest absolute Gasteiger partial charge is 0.377 e. The number of hydrogen-bond donors (Lipinski definition) is 1. The Morgan fingerprint density at radius 3 is 2.47 bits per heavy atom. The molecule has 2 aliphatic rings. The Hall–Kier alpha value is -2.08. The number of nitrogens with zero attached hydrogens (tertiary/aromatic N) is 2. The first-order chi connectivity index (χ1) is 14.1. The highest BCUT2D eigenvalue weighted by Gasteiger charge is 2.30. The van der Waals surface area contributed by atoms with Crippen molar-refractivity contribution in [3.05, 3.63) is 23.8 Å². The molecule has 0 spiro atoms. The van der Waals surface area contributed by atoms with Crippen LogP contribution in [0.15, 0.2) is 18.2 Å². The number of anilines is 2. The van der Waals surface area contributed by atoms with E-state index in [2.05, 4.69) is 31.0 Å². The van der Waals surface area contributed by atoms with Crippen LogP contribution in [0, 0.1) is 11.3 Å².